The molecule has 3 N–H and O–H groups in total. The van der Waals surface area contributed by atoms with Gasteiger partial charge in [-0.3, -0.25) is 4.79 Å². The lowest BCUT2D eigenvalue weighted by Gasteiger charge is -2.38. The summed E-state index contributed by atoms with van der Waals surface area (Å²) >= 11 is 0. The van der Waals surface area contributed by atoms with Crippen LogP contribution in [0.25, 0.3) is 11.3 Å². The first kappa shape index (κ1) is 14.3. The fourth-order valence-corrected chi connectivity index (χ4v) is 4.45. The fourth-order valence-electron chi connectivity index (χ4n) is 4.45. The SMILES string of the molecule is Nn1c(=O)[nH]c2c(c1=O)C1(CCCCCC1)Cc1ccccc1-2. The summed E-state index contributed by atoms with van der Waals surface area (Å²) in [5.74, 6) is 5.72. The van der Waals surface area contributed by atoms with E-state index in [0.717, 1.165) is 47.9 Å². The number of nitrogens with two attached hydrogens (primary N) is 1. The zero-order valence-corrected chi connectivity index (χ0v) is 13.1. The van der Waals surface area contributed by atoms with E-state index in [4.69, 9.17) is 5.84 Å². The van der Waals surface area contributed by atoms with Crippen molar-refractivity contribution in [3.05, 3.63) is 56.2 Å². The summed E-state index contributed by atoms with van der Waals surface area (Å²) in [4.78, 5) is 27.8. The van der Waals surface area contributed by atoms with E-state index in [1.807, 2.05) is 18.2 Å². The Morgan fingerprint density at radius 3 is 2.48 bits per heavy atom. The van der Waals surface area contributed by atoms with Crippen molar-refractivity contribution in [2.75, 3.05) is 5.84 Å². The lowest BCUT2D eigenvalue weighted by molar-refractivity contribution is 0.357. The van der Waals surface area contributed by atoms with Crippen LogP contribution in [0.5, 0.6) is 0 Å². The summed E-state index contributed by atoms with van der Waals surface area (Å²) in [5, 5.41) is 0. The van der Waals surface area contributed by atoms with Crippen LogP contribution in [0.4, 0.5) is 0 Å². The maximum Gasteiger partial charge on any atom is 0.347 e. The Morgan fingerprint density at radius 1 is 1.04 bits per heavy atom. The van der Waals surface area contributed by atoms with Gasteiger partial charge in [0.2, 0.25) is 0 Å². The van der Waals surface area contributed by atoms with Gasteiger partial charge in [0.1, 0.15) is 0 Å². The van der Waals surface area contributed by atoms with E-state index in [2.05, 4.69) is 11.1 Å². The lowest BCUT2D eigenvalue weighted by atomic mass is 9.65. The summed E-state index contributed by atoms with van der Waals surface area (Å²) in [6, 6.07) is 8.06. The molecule has 1 saturated carbocycles. The Labute approximate surface area is 134 Å². The van der Waals surface area contributed by atoms with E-state index in [1.54, 1.807) is 0 Å². The van der Waals surface area contributed by atoms with Gasteiger partial charge in [-0.15, -0.1) is 0 Å². The molecule has 1 heterocycles. The molecule has 0 amide bonds. The third-order valence-corrected chi connectivity index (χ3v) is 5.54. The topological polar surface area (TPSA) is 80.9 Å². The number of nitrogen functional groups attached to an aromatic ring is 1. The molecule has 1 aromatic carbocycles. The predicted molar refractivity (Wildman–Crippen MR) is 90.0 cm³/mol. The van der Waals surface area contributed by atoms with Crippen LogP contribution in [0, 0.1) is 0 Å². The highest BCUT2D eigenvalue weighted by Crippen LogP contribution is 2.47. The molecule has 0 saturated heterocycles. The van der Waals surface area contributed by atoms with Crippen molar-refractivity contribution in [3.63, 3.8) is 0 Å². The van der Waals surface area contributed by atoms with Gasteiger partial charge in [0.05, 0.1) is 11.3 Å². The molecule has 0 radical (unpaired) electrons. The van der Waals surface area contributed by atoms with Crippen LogP contribution in [0.2, 0.25) is 0 Å². The number of nitrogens with zero attached hydrogens (tertiary/aromatic N) is 1. The number of benzene rings is 1. The standard InChI is InChI=1S/C18H21N3O2/c19-21-16(22)14-15(20-17(21)23)13-8-4-3-7-12(13)11-18(14)9-5-1-2-6-10-18/h3-4,7-8H,1-2,5-6,9-11,19H2,(H,20,23). The van der Waals surface area contributed by atoms with Crippen LogP contribution < -0.4 is 17.1 Å². The summed E-state index contributed by atoms with van der Waals surface area (Å²) in [7, 11) is 0. The zero-order chi connectivity index (χ0) is 16.0. The summed E-state index contributed by atoms with van der Waals surface area (Å²) in [5.41, 5.74) is 2.52. The minimum atomic E-state index is -0.547. The Kier molecular flexibility index (Phi) is 3.18. The second kappa shape index (κ2) is 5.11. The molecule has 5 nitrogen and oxygen atoms in total. The molecule has 1 aromatic heterocycles. The number of rotatable bonds is 0. The first-order valence-electron chi connectivity index (χ1n) is 8.36. The Bertz CT molecular complexity index is 871. The van der Waals surface area contributed by atoms with Crippen LogP contribution in [0.15, 0.2) is 33.9 Å². The molecule has 0 aliphatic heterocycles. The minimum Gasteiger partial charge on any atom is -0.332 e. The molecule has 23 heavy (non-hydrogen) atoms. The van der Waals surface area contributed by atoms with Gasteiger partial charge >= 0.3 is 5.69 Å². The van der Waals surface area contributed by atoms with E-state index < -0.39 is 5.69 Å². The van der Waals surface area contributed by atoms with Crippen molar-refractivity contribution >= 4 is 0 Å². The molecule has 1 spiro atoms. The molecule has 0 atom stereocenters. The maximum atomic E-state index is 12.8. The van der Waals surface area contributed by atoms with Gasteiger partial charge in [-0.05, 0) is 24.8 Å². The van der Waals surface area contributed by atoms with Crippen molar-refractivity contribution in [3.8, 4) is 11.3 Å². The zero-order valence-electron chi connectivity index (χ0n) is 13.1. The second-order valence-electron chi connectivity index (χ2n) is 6.88. The number of aromatic nitrogens is 2. The van der Waals surface area contributed by atoms with Crippen LogP contribution in [0.1, 0.15) is 49.7 Å². The van der Waals surface area contributed by atoms with Crippen LogP contribution >= 0.6 is 0 Å². The molecule has 5 heteroatoms. The van der Waals surface area contributed by atoms with E-state index in [1.165, 1.54) is 18.4 Å². The van der Waals surface area contributed by atoms with E-state index >= 15 is 0 Å². The van der Waals surface area contributed by atoms with Crippen molar-refractivity contribution in [1.29, 1.82) is 0 Å². The van der Waals surface area contributed by atoms with Gasteiger partial charge in [-0.1, -0.05) is 49.9 Å². The maximum absolute atomic E-state index is 12.8. The van der Waals surface area contributed by atoms with Crippen molar-refractivity contribution < 1.29 is 0 Å². The third kappa shape index (κ3) is 2.06. The molecule has 2 aromatic rings. The highest BCUT2D eigenvalue weighted by molar-refractivity contribution is 5.71. The van der Waals surface area contributed by atoms with Gasteiger partial charge < -0.3 is 10.8 Å². The van der Waals surface area contributed by atoms with Crippen molar-refractivity contribution in [1.82, 2.24) is 9.66 Å². The quantitative estimate of drug-likeness (QED) is 0.731. The monoisotopic (exact) mass is 311 g/mol. The normalized spacial score (nSPS) is 19.0. The molecular formula is C18H21N3O2. The summed E-state index contributed by atoms with van der Waals surface area (Å²) in [6.45, 7) is 0. The van der Waals surface area contributed by atoms with E-state index in [9.17, 15) is 9.59 Å². The number of hydrogen-bond donors (Lipinski definition) is 2. The predicted octanol–water partition coefficient (Wildman–Crippen LogP) is 2.07. The number of H-pyrrole nitrogens is 1. The molecule has 120 valence electrons. The minimum absolute atomic E-state index is 0.192. The van der Waals surface area contributed by atoms with Gasteiger partial charge in [0.25, 0.3) is 5.56 Å². The molecule has 1 fully saturated rings. The van der Waals surface area contributed by atoms with E-state index in [-0.39, 0.29) is 11.0 Å². The van der Waals surface area contributed by atoms with E-state index in [0.29, 0.717) is 5.69 Å². The second-order valence-corrected chi connectivity index (χ2v) is 6.88. The first-order chi connectivity index (χ1) is 11.1. The van der Waals surface area contributed by atoms with Crippen LogP contribution in [0.3, 0.4) is 0 Å². The Morgan fingerprint density at radius 2 is 1.74 bits per heavy atom. The average Bonchev–Trinajstić information content (AvgIpc) is 2.78. The third-order valence-electron chi connectivity index (χ3n) is 5.54. The number of fused-ring (bicyclic) bond motifs is 4. The van der Waals surface area contributed by atoms with Crippen molar-refractivity contribution in [2.24, 2.45) is 0 Å². The summed E-state index contributed by atoms with van der Waals surface area (Å²) < 4.78 is 0.736. The number of hydrogen-bond acceptors (Lipinski definition) is 3. The molecule has 2 aliphatic carbocycles. The van der Waals surface area contributed by atoms with Crippen molar-refractivity contribution in [2.45, 2.75) is 50.4 Å². The fraction of sp³-hybridized carbons (Fsp3) is 0.444. The molecule has 0 unspecified atom stereocenters. The Hall–Kier alpha value is -2.30. The van der Waals surface area contributed by atoms with Gasteiger partial charge in [0.15, 0.2) is 0 Å². The molecule has 4 rings (SSSR count). The van der Waals surface area contributed by atoms with Gasteiger partial charge in [-0.25, -0.2) is 4.79 Å². The molecular weight excluding hydrogens is 290 g/mol. The van der Waals surface area contributed by atoms with Gasteiger partial charge in [0, 0.05) is 11.0 Å². The molecule has 2 aliphatic rings. The average molecular weight is 311 g/mol. The van der Waals surface area contributed by atoms with Crippen LogP contribution in [-0.4, -0.2) is 9.66 Å². The number of aromatic amines is 1. The molecule has 0 bridgehead atoms. The first-order valence-corrected chi connectivity index (χ1v) is 8.36. The van der Waals surface area contributed by atoms with Crippen LogP contribution in [-0.2, 0) is 11.8 Å². The lowest BCUT2D eigenvalue weighted by Crippen LogP contribution is -2.48. The Balaban J connectivity index is 2.07. The summed E-state index contributed by atoms with van der Waals surface area (Å²) in [6.07, 6.45) is 7.47. The number of nitrogens with one attached hydrogen (secondary N) is 1. The highest BCUT2D eigenvalue weighted by atomic mass is 16.2. The largest absolute Gasteiger partial charge is 0.347 e. The van der Waals surface area contributed by atoms with Gasteiger partial charge in [-0.2, -0.15) is 4.68 Å². The smallest absolute Gasteiger partial charge is 0.332 e. The highest BCUT2D eigenvalue weighted by Gasteiger charge is 2.42.